The summed E-state index contributed by atoms with van der Waals surface area (Å²) in [6.45, 7) is 0.918. The molecule has 10 nitrogen and oxygen atoms in total. The van der Waals surface area contributed by atoms with E-state index in [9.17, 15) is 27.6 Å². The Bertz CT molecular complexity index is 1520. The van der Waals surface area contributed by atoms with Crippen LogP contribution in [-0.4, -0.2) is 42.8 Å². The first-order valence-electron chi connectivity index (χ1n) is 11.1. The SMILES string of the molecule is CC(=O)Nc1ccc(S(=O)(=O)Oc2ccc(/C=C3\SC(=O)N(CC(=O)Nc4ccccc4)C3=O)cc2)cc1. The summed E-state index contributed by atoms with van der Waals surface area (Å²) >= 11 is 0.706. The Hall–Kier alpha value is -4.42. The Morgan fingerprint density at radius 3 is 2.16 bits per heavy atom. The average Bonchev–Trinajstić information content (AvgIpc) is 3.13. The van der Waals surface area contributed by atoms with E-state index >= 15 is 0 Å². The number of imide groups is 1. The van der Waals surface area contributed by atoms with E-state index in [1.165, 1.54) is 61.5 Å². The Morgan fingerprint density at radius 2 is 1.53 bits per heavy atom. The highest BCUT2D eigenvalue weighted by Gasteiger charge is 2.36. The second kappa shape index (κ2) is 11.3. The highest BCUT2D eigenvalue weighted by atomic mass is 32.2. The summed E-state index contributed by atoms with van der Waals surface area (Å²) in [7, 11) is -4.13. The van der Waals surface area contributed by atoms with Crippen LogP contribution in [0.1, 0.15) is 12.5 Å². The maximum absolute atomic E-state index is 12.7. The van der Waals surface area contributed by atoms with Gasteiger partial charge in [-0.15, -0.1) is 0 Å². The van der Waals surface area contributed by atoms with Gasteiger partial charge in [0, 0.05) is 18.3 Å². The van der Waals surface area contributed by atoms with Gasteiger partial charge in [0.15, 0.2) is 0 Å². The van der Waals surface area contributed by atoms with Crippen LogP contribution < -0.4 is 14.8 Å². The number of para-hydroxylation sites is 1. The van der Waals surface area contributed by atoms with Crippen molar-refractivity contribution in [2.75, 3.05) is 17.2 Å². The lowest BCUT2D eigenvalue weighted by atomic mass is 10.2. The predicted octanol–water partition coefficient (Wildman–Crippen LogP) is 4.09. The first-order chi connectivity index (χ1) is 18.1. The lowest BCUT2D eigenvalue weighted by molar-refractivity contribution is -0.127. The van der Waals surface area contributed by atoms with Gasteiger partial charge in [-0.1, -0.05) is 30.3 Å². The molecule has 38 heavy (non-hydrogen) atoms. The van der Waals surface area contributed by atoms with Crippen LogP contribution in [0.4, 0.5) is 16.2 Å². The second-order valence-electron chi connectivity index (χ2n) is 7.99. The first kappa shape index (κ1) is 26.6. The van der Waals surface area contributed by atoms with E-state index in [1.54, 1.807) is 30.3 Å². The largest absolute Gasteiger partial charge is 0.379 e. The molecule has 0 unspecified atom stereocenters. The minimum absolute atomic E-state index is 0.0405. The molecule has 0 radical (unpaired) electrons. The van der Waals surface area contributed by atoms with Gasteiger partial charge >= 0.3 is 10.1 Å². The van der Waals surface area contributed by atoms with Gasteiger partial charge in [-0.25, -0.2) is 0 Å². The van der Waals surface area contributed by atoms with Crippen molar-refractivity contribution in [3.63, 3.8) is 0 Å². The molecule has 0 aromatic heterocycles. The summed E-state index contributed by atoms with van der Waals surface area (Å²) in [6.07, 6.45) is 1.47. The van der Waals surface area contributed by atoms with Gasteiger partial charge in [0.1, 0.15) is 17.2 Å². The van der Waals surface area contributed by atoms with Crippen LogP contribution in [-0.2, 0) is 24.5 Å². The van der Waals surface area contributed by atoms with Crippen molar-refractivity contribution in [3.8, 4) is 5.75 Å². The third kappa shape index (κ3) is 6.66. The van der Waals surface area contributed by atoms with Crippen molar-refractivity contribution in [2.45, 2.75) is 11.8 Å². The summed E-state index contributed by atoms with van der Waals surface area (Å²) < 4.78 is 30.3. The summed E-state index contributed by atoms with van der Waals surface area (Å²) in [4.78, 5) is 49.3. The van der Waals surface area contributed by atoms with Gasteiger partial charge in [0.05, 0.1) is 4.91 Å². The van der Waals surface area contributed by atoms with Crippen LogP contribution in [0.25, 0.3) is 6.08 Å². The molecular formula is C26H21N3O7S2. The van der Waals surface area contributed by atoms with Crippen LogP contribution in [0.5, 0.6) is 5.75 Å². The molecule has 4 amide bonds. The minimum atomic E-state index is -4.13. The molecule has 1 fully saturated rings. The number of nitrogens with zero attached hydrogens (tertiary/aromatic N) is 1. The van der Waals surface area contributed by atoms with E-state index in [0.29, 0.717) is 28.7 Å². The molecule has 0 aliphatic carbocycles. The van der Waals surface area contributed by atoms with Crippen LogP contribution in [0.2, 0.25) is 0 Å². The Morgan fingerprint density at radius 1 is 0.895 bits per heavy atom. The topological polar surface area (TPSA) is 139 Å². The zero-order valence-corrected chi connectivity index (χ0v) is 21.5. The number of amides is 4. The zero-order chi connectivity index (χ0) is 27.3. The van der Waals surface area contributed by atoms with Gasteiger partial charge < -0.3 is 14.8 Å². The van der Waals surface area contributed by atoms with Gasteiger partial charge in [-0.3, -0.25) is 24.1 Å². The van der Waals surface area contributed by atoms with Crippen molar-refractivity contribution in [2.24, 2.45) is 0 Å². The number of anilines is 2. The second-order valence-corrected chi connectivity index (χ2v) is 10.5. The fourth-order valence-electron chi connectivity index (χ4n) is 3.36. The van der Waals surface area contributed by atoms with E-state index in [4.69, 9.17) is 4.18 Å². The molecule has 0 saturated carbocycles. The van der Waals surface area contributed by atoms with Gasteiger partial charge in [-0.05, 0) is 71.9 Å². The van der Waals surface area contributed by atoms with Crippen LogP contribution in [0.3, 0.4) is 0 Å². The number of hydrogen-bond acceptors (Lipinski definition) is 8. The number of carbonyl (C=O) groups excluding carboxylic acids is 4. The molecule has 0 bridgehead atoms. The Labute approximate surface area is 222 Å². The van der Waals surface area contributed by atoms with Gasteiger partial charge in [0.25, 0.3) is 11.1 Å². The molecule has 4 rings (SSSR count). The highest BCUT2D eigenvalue weighted by molar-refractivity contribution is 8.18. The number of nitrogens with one attached hydrogen (secondary N) is 2. The van der Waals surface area contributed by atoms with Crippen LogP contribution in [0.15, 0.2) is 88.7 Å². The lowest BCUT2D eigenvalue weighted by Gasteiger charge is -2.12. The maximum atomic E-state index is 12.7. The molecule has 1 saturated heterocycles. The third-order valence-corrected chi connectivity index (χ3v) is 7.25. The molecule has 1 aliphatic heterocycles. The molecule has 12 heteroatoms. The average molecular weight is 552 g/mol. The fourth-order valence-corrected chi connectivity index (χ4v) is 5.12. The van der Waals surface area contributed by atoms with Crippen molar-refractivity contribution in [1.29, 1.82) is 0 Å². The predicted molar refractivity (Wildman–Crippen MR) is 143 cm³/mol. The summed E-state index contributed by atoms with van der Waals surface area (Å²) in [6, 6.07) is 20.1. The number of thioether (sulfide) groups is 1. The molecule has 1 aliphatic rings. The number of hydrogen-bond donors (Lipinski definition) is 2. The summed E-state index contributed by atoms with van der Waals surface area (Å²) in [5.41, 5.74) is 1.52. The van der Waals surface area contributed by atoms with Crippen molar-refractivity contribution in [1.82, 2.24) is 4.90 Å². The monoisotopic (exact) mass is 551 g/mol. The molecule has 3 aromatic carbocycles. The minimum Gasteiger partial charge on any atom is -0.379 e. The van der Waals surface area contributed by atoms with E-state index in [1.807, 2.05) is 0 Å². The van der Waals surface area contributed by atoms with E-state index in [-0.39, 0.29) is 21.5 Å². The zero-order valence-electron chi connectivity index (χ0n) is 19.9. The van der Waals surface area contributed by atoms with Crippen LogP contribution in [0, 0.1) is 0 Å². The lowest BCUT2D eigenvalue weighted by Crippen LogP contribution is -2.36. The molecule has 0 atom stereocenters. The summed E-state index contributed by atoms with van der Waals surface area (Å²) in [5, 5.41) is 4.61. The fraction of sp³-hybridized carbons (Fsp3) is 0.0769. The Kier molecular flexibility index (Phi) is 7.93. The van der Waals surface area contributed by atoms with Crippen molar-refractivity contribution < 1.29 is 31.8 Å². The van der Waals surface area contributed by atoms with Gasteiger partial charge in [-0.2, -0.15) is 8.42 Å². The van der Waals surface area contributed by atoms with E-state index in [2.05, 4.69) is 10.6 Å². The number of rotatable bonds is 8. The van der Waals surface area contributed by atoms with Crippen LogP contribution >= 0.6 is 11.8 Å². The van der Waals surface area contributed by atoms with E-state index < -0.39 is 33.7 Å². The first-order valence-corrected chi connectivity index (χ1v) is 13.4. The number of carbonyl (C=O) groups is 4. The molecule has 2 N–H and O–H groups in total. The normalized spacial score (nSPS) is 14.4. The van der Waals surface area contributed by atoms with Gasteiger partial charge in [0.2, 0.25) is 11.8 Å². The van der Waals surface area contributed by atoms with Crippen molar-refractivity contribution >= 4 is 62.3 Å². The third-order valence-electron chi connectivity index (χ3n) is 5.08. The highest BCUT2D eigenvalue weighted by Crippen LogP contribution is 2.32. The standard InChI is InChI=1S/C26H21N3O7S2/c1-17(30)27-20-9-13-22(14-10-20)38(34,35)36-21-11-7-18(8-12-21)15-23-25(32)29(26(33)37-23)16-24(31)28-19-5-3-2-4-6-19/h2-15H,16H2,1H3,(H,27,30)(H,28,31)/b23-15-. The maximum Gasteiger partial charge on any atom is 0.339 e. The molecule has 194 valence electrons. The quantitative estimate of drug-likeness (QED) is 0.315. The molecule has 1 heterocycles. The molecular weight excluding hydrogens is 530 g/mol. The molecule has 0 spiro atoms. The Balaban J connectivity index is 1.39. The van der Waals surface area contributed by atoms with E-state index in [0.717, 1.165) is 4.90 Å². The van der Waals surface area contributed by atoms with Crippen molar-refractivity contribution in [3.05, 3.63) is 89.3 Å². The molecule has 3 aromatic rings. The summed E-state index contributed by atoms with van der Waals surface area (Å²) in [5.74, 6) is -1.35. The smallest absolute Gasteiger partial charge is 0.339 e. The number of benzene rings is 3.